The highest BCUT2D eigenvalue weighted by atomic mass is 16.4. The van der Waals surface area contributed by atoms with Gasteiger partial charge in [0.2, 0.25) is 0 Å². The van der Waals surface area contributed by atoms with Crippen LogP contribution in [0.3, 0.4) is 0 Å². The first-order chi connectivity index (χ1) is 13.4. The number of nitrogens with one attached hydrogen (secondary N) is 2. The lowest BCUT2D eigenvalue weighted by molar-refractivity contribution is 0.0682. The van der Waals surface area contributed by atoms with Crippen LogP contribution < -0.4 is 10.6 Å². The zero-order valence-electron chi connectivity index (χ0n) is 16.2. The Morgan fingerprint density at radius 1 is 1.00 bits per heavy atom. The van der Waals surface area contributed by atoms with Crippen LogP contribution in [0.2, 0.25) is 0 Å². The largest absolute Gasteiger partial charge is 0.478 e. The topological polar surface area (TPSA) is 112 Å². The van der Waals surface area contributed by atoms with Crippen LogP contribution in [0.5, 0.6) is 0 Å². The lowest BCUT2D eigenvalue weighted by Gasteiger charge is -2.33. The van der Waals surface area contributed by atoms with Crippen LogP contribution in [-0.2, 0) is 0 Å². The molecule has 1 aromatic rings. The number of carbonyl (C=O) groups is 3. The summed E-state index contributed by atoms with van der Waals surface area (Å²) in [6.45, 7) is 2.66. The van der Waals surface area contributed by atoms with E-state index in [1.165, 1.54) is 31.4 Å². The van der Waals surface area contributed by atoms with Gasteiger partial charge >= 0.3 is 12.0 Å². The molecule has 1 saturated heterocycles. The molecule has 1 aromatic heterocycles. The van der Waals surface area contributed by atoms with Gasteiger partial charge in [0.25, 0.3) is 5.91 Å². The van der Waals surface area contributed by atoms with Gasteiger partial charge in [0.05, 0.1) is 11.3 Å². The maximum atomic E-state index is 12.6. The number of rotatable bonds is 4. The van der Waals surface area contributed by atoms with Crippen molar-refractivity contribution in [2.24, 2.45) is 0 Å². The Kier molecular flexibility index (Phi) is 6.49. The maximum Gasteiger partial charge on any atom is 0.337 e. The summed E-state index contributed by atoms with van der Waals surface area (Å²) in [7, 11) is 0. The second kappa shape index (κ2) is 9.03. The van der Waals surface area contributed by atoms with E-state index < -0.39 is 5.97 Å². The van der Waals surface area contributed by atoms with Gasteiger partial charge < -0.3 is 20.6 Å². The van der Waals surface area contributed by atoms with Gasteiger partial charge in [-0.05, 0) is 44.7 Å². The molecule has 2 fully saturated rings. The third kappa shape index (κ3) is 4.99. The number of carboxylic acids is 1. The molecule has 1 aliphatic carbocycles. The standard InChI is InChI=1S/C20H28N4O4/c1-13-16(19(26)27)7-8-17(21-13)18(25)24-11-9-15(10-12-24)23-20(28)22-14-5-3-2-4-6-14/h7-8,14-15H,2-6,9-12H2,1H3,(H,26,27)(H2,22,23,28). The fourth-order valence-electron chi connectivity index (χ4n) is 3.95. The minimum Gasteiger partial charge on any atom is -0.478 e. The van der Waals surface area contributed by atoms with E-state index in [-0.39, 0.29) is 35.3 Å². The number of aryl methyl sites for hydroxylation is 1. The predicted octanol–water partition coefficient (Wildman–Crippen LogP) is 2.32. The van der Waals surface area contributed by atoms with Crippen LogP contribution in [0.4, 0.5) is 4.79 Å². The van der Waals surface area contributed by atoms with Gasteiger partial charge in [-0.1, -0.05) is 19.3 Å². The molecular weight excluding hydrogens is 360 g/mol. The van der Waals surface area contributed by atoms with E-state index in [2.05, 4.69) is 15.6 Å². The van der Waals surface area contributed by atoms with Crippen molar-refractivity contribution in [3.05, 3.63) is 29.1 Å². The quantitative estimate of drug-likeness (QED) is 0.733. The number of urea groups is 1. The number of aromatic carboxylic acids is 1. The zero-order chi connectivity index (χ0) is 20.1. The normalized spacial score (nSPS) is 18.5. The van der Waals surface area contributed by atoms with E-state index >= 15 is 0 Å². The van der Waals surface area contributed by atoms with Gasteiger partial charge in [-0.25, -0.2) is 14.6 Å². The molecule has 152 valence electrons. The van der Waals surface area contributed by atoms with E-state index in [0.717, 1.165) is 12.8 Å². The zero-order valence-corrected chi connectivity index (χ0v) is 16.2. The van der Waals surface area contributed by atoms with Crippen molar-refractivity contribution in [1.29, 1.82) is 0 Å². The number of pyridine rings is 1. The third-order valence-corrected chi connectivity index (χ3v) is 5.59. The number of likely N-dealkylation sites (tertiary alicyclic amines) is 1. The highest BCUT2D eigenvalue weighted by Crippen LogP contribution is 2.18. The van der Waals surface area contributed by atoms with Gasteiger partial charge in [0.15, 0.2) is 0 Å². The first-order valence-electron chi connectivity index (χ1n) is 10.0. The van der Waals surface area contributed by atoms with Crippen LogP contribution in [0.25, 0.3) is 0 Å². The molecule has 3 N–H and O–H groups in total. The Morgan fingerprint density at radius 3 is 2.18 bits per heavy atom. The molecule has 1 saturated carbocycles. The second-order valence-electron chi connectivity index (χ2n) is 7.65. The fraction of sp³-hybridized carbons (Fsp3) is 0.600. The molecule has 3 amide bonds. The maximum absolute atomic E-state index is 12.6. The average Bonchev–Trinajstić information content (AvgIpc) is 2.68. The minimum absolute atomic E-state index is 0.0525. The summed E-state index contributed by atoms with van der Waals surface area (Å²) >= 11 is 0. The van der Waals surface area contributed by atoms with E-state index in [0.29, 0.717) is 31.6 Å². The highest BCUT2D eigenvalue weighted by molar-refractivity contribution is 5.94. The van der Waals surface area contributed by atoms with Crippen molar-refractivity contribution in [1.82, 2.24) is 20.5 Å². The molecule has 0 spiro atoms. The first kappa shape index (κ1) is 20.1. The number of piperidine rings is 1. The number of carboxylic acid groups (broad SMARTS) is 1. The van der Waals surface area contributed by atoms with Crippen molar-refractivity contribution in [3.63, 3.8) is 0 Å². The van der Waals surface area contributed by atoms with Crippen LogP contribution in [0.1, 0.15) is 71.5 Å². The summed E-state index contributed by atoms with van der Waals surface area (Å²) in [4.78, 5) is 41.8. The molecule has 8 heteroatoms. The molecule has 1 aliphatic heterocycles. The SMILES string of the molecule is Cc1nc(C(=O)N2CCC(NC(=O)NC3CCCCC3)CC2)ccc1C(=O)O. The number of carbonyl (C=O) groups excluding carboxylic acids is 2. The van der Waals surface area contributed by atoms with Gasteiger partial charge in [-0.15, -0.1) is 0 Å². The molecule has 28 heavy (non-hydrogen) atoms. The summed E-state index contributed by atoms with van der Waals surface area (Å²) in [6.07, 6.45) is 7.07. The molecule has 2 aliphatic rings. The average molecular weight is 388 g/mol. The summed E-state index contributed by atoms with van der Waals surface area (Å²) in [5, 5.41) is 15.2. The van der Waals surface area contributed by atoms with Crippen LogP contribution in [-0.4, -0.2) is 58.1 Å². The van der Waals surface area contributed by atoms with Crippen molar-refractivity contribution in [2.75, 3.05) is 13.1 Å². The smallest absolute Gasteiger partial charge is 0.337 e. The number of hydrogen-bond acceptors (Lipinski definition) is 4. The minimum atomic E-state index is -1.05. The third-order valence-electron chi connectivity index (χ3n) is 5.59. The van der Waals surface area contributed by atoms with E-state index in [4.69, 9.17) is 5.11 Å². The lowest BCUT2D eigenvalue weighted by atomic mass is 9.96. The molecule has 0 aromatic carbocycles. The van der Waals surface area contributed by atoms with E-state index in [9.17, 15) is 14.4 Å². The van der Waals surface area contributed by atoms with Gasteiger partial charge in [0.1, 0.15) is 5.69 Å². The Bertz CT molecular complexity index is 738. The Morgan fingerprint density at radius 2 is 1.61 bits per heavy atom. The van der Waals surface area contributed by atoms with Crippen molar-refractivity contribution in [3.8, 4) is 0 Å². The molecule has 3 rings (SSSR count). The Hall–Kier alpha value is -2.64. The Balaban J connectivity index is 1.48. The molecule has 0 radical (unpaired) electrons. The summed E-state index contributed by atoms with van der Waals surface area (Å²) in [6, 6.07) is 3.09. The fourth-order valence-corrected chi connectivity index (χ4v) is 3.95. The van der Waals surface area contributed by atoms with E-state index in [1.807, 2.05) is 0 Å². The summed E-state index contributed by atoms with van der Waals surface area (Å²) in [5.41, 5.74) is 0.682. The molecule has 0 atom stereocenters. The summed E-state index contributed by atoms with van der Waals surface area (Å²) in [5.74, 6) is -1.26. The number of hydrogen-bond donors (Lipinski definition) is 3. The van der Waals surface area contributed by atoms with Crippen molar-refractivity contribution in [2.45, 2.75) is 64.0 Å². The number of nitrogens with zero attached hydrogens (tertiary/aromatic N) is 2. The lowest BCUT2D eigenvalue weighted by Crippen LogP contribution is -2.51. The van der Waals surface area contributed by atoms with Gasteiger partial charge in [0, 0.05) is 25.2 Å². The van der Waals surface area contributed by atoms with Crippen LogP contribution in [0, 0.1) is 6.92 Å². The van der Waals surface area contributed by atoms with Gasteiger partial charge in [-0.2, -0.15) is 0 Å². The van der Waals surface area contributed by atoms with Crippen molar-refractivity contribution < 1.29 is 19.5 Å². The molecule has 0 bridgehead atoms. The van der Waals surface area contributed by atoms with Gasteiger partial charge in [-0.3, -0.25) is 4.79 Å². The number of amides is 3. The number of aromatic nitrogens is 1. The molecule has 8 nitrogen and oxygen atoms in total. The molecule has 0 unspecified atom stereocenters. The Labute approximate surface area is 164 Å². The first-order valence-corrected chi connectivity index (χ1v) is 10.0. The summed E-state index contributed by atoms with van der Waals surface area (Å²) < 4.78 is 0. The predicted molar refractivity (Wildman–Crippen MR) is 103 cm³/mol. The molecule has 2 heterocycles. The highest BCUT2D eigenvalue weighted by Gasteiger charge is 2.26. The van der Waals surface area contributed by atoms with Crippen LogP contribution in [0.15, 0.2) is 12.1 Å². The van der Waals surface area contributed by atoms with Crippen LogP contribution >= 0.6 is 0 Å². The second-order valence-corrected chi connectivity index (χ2v) is 7.65. The monoisotopic (exact) mass is 388 g/mol. The molecular formula is C20H28N4O4. The van der Waals surface area contributed by atoms with E-state index in [1.54, 1.807) is 11.8 Å². The van der Waals surface area contributed by atoms with Crippen molar-refractivity contribution >= 4 is 17.9 Å².